The number of sulfonamides is 1. The summed E-state index contributed by atoms with van der Waals surface area (Å²) in [4.78, 5) is 0.367. The lowest BCUT2D eigenvalue weighted by atomic mass is 10.1. The average molecular weight is 367 g/mol. The molecule has 0 bridgehead atoms. The lowest BCUT2D eigenvalue weighted by Crippen LogP contribution is -2.47. The van der Waals surface area contributed by atoms with Crippen LogP contribution in [0.3, 0.4) is 0 Å². The maximum Gasteiger partial charge on any atom is 0.243 e. The normalized spacial score (nSPS) is 18.8. The van der Waals surface area contributed by atoms with Crippen molar-refractivity contribution in [1.29, 1.82) is 0 Å². The highest BCUT2D eigenvalue weighted by Crippen LogP contribution is 2.32. The summed E-state index contributed by atoms with van der Waals surface area (Å²) in [5.41, 5.74) is 7.47. The third-order valence-electron chi connectivity index (χ3n) is 4.40. The zero-order chi connectivity index (χ0) is 16.3. The van der Waals surface area contributed by atoms with E-state index < -0.39 is 10.0 Å². The molecule has 1 unspecified atom stereocenters. The molecule has 1 fully saturated rings. The zero-order valence-electron chi connectivity index (χ0n) is 13.5. The summed E-state index contributed by atoms with van der Waals surface area (Å²) in [5.74, 6) is 0. The van der Waals surface area contributed by atoms with E-state index in [0.717, 1.165) is 30.4 Å². The topological polar surface area (TPSA) is 63.4 Å². The molecular formula is C18H23ClN2O2S. The van der Waals surface area contributed by atoms with Crippen LogP contribution in [-0.2, 0) is 10.0 Å². The Hall–Kier alpha value is -1.40. The lowest BCUT2D eigenvalue weighted by Gasteiger charge is -2.34. The lowest BCUT2D eigenvalue weighted by molar-refractivity contribution is 0.257. The highest BCUT2D eigenvalue weighted by atomic mass is 35.5. The number of piperidine rings is 1. The van der Waals surface area contributed by atoms with Crippen molar-refractivity contribution < 1.29 is 8.42 Å². The molecule has 1 heterocycles. The number of halogens is 1. The summed E-state index contributed by atoms with van der Waals surface area (Å²) in [5, 5.41) is 0. The van der Waals surface area contributed by atoms with Crippen LogP contribution in [0.1, 0.15) is 19.3 Å². The van der Waals surface area contributed by atoms with Gasteiger partial charge in [-0.15, -0.1) is 12.4 Å². The fourth-order valence-corrected chi connectivity index (χ4v) is 5.12. The molecule has 0 amide bonds. The van der Waals surface area contributed by atoms with E-state index in [0.29, 0.717) is 18.0 Å². The van der Waals surface area contributed by atoms with Crippen molar-refractivity contribution >= 4 is 22.4 Å². The van der Waals surface area contributed by atoms with Crippen LogP contribution in [0.2, 0.25) is 0 Å². The van der Waals surface area contributed by atoms with Gasteiger partial charge in [0, 0.05) is 24.7 Å². The highest BCUT2D eigenvalue weighted by Gasteiger charge is 2.34. The van der Waals surface area contributed by atoms with Crippen LogP contribution in [0.5, 0.6) is 0 Å². The standard InChI is InChI=1S/C18H22N2O2S.ClH/c19-14-16-10-6-7-13-20(16)23(21,22)18-12-5-4-11-17(18)15-8-2-1-3-9-15;/h1-5,8-9,11-12,16H,6-7,10,13-14,19H2;1H. The van der Waals surface area contributed by atoms with Crippen molar-refractivity contribution in [2.24, 2.45) is 5.73 Å². The van der Waals surface area contributed by atoms with Gasteiger partial charge in [-0.3, -0.25) is 0 Å². The van der Waals surface area contributed by atoms with Crippen LogP contribution in [-0.4, -0.2) is 31.9 Å². The molecule has 1 aliphatic rings. The number of nitrogens with zero attached hydrogens (tertiary/aromatic N) is 1. The van der Waals surface area contributed by atoms with Gasteiger partial charge in [0.05, 0.1) is 4.90 Å². The minimum absolute atomic E-state index is 0. The number of nitrogens with two attached hydrogens (primary N) is 1. The van der Waals surface area contributed by atoms with E-state index >= 15 is 0 Å². The average Bonchev–Trinajstić information content (AvgIpc) is 2.62. The second kappa shape index (κ2) is 8.12. The van der Waals surface area contributed by atoms with Crippen LogP contribution < -0.4 is 5.73 Å². The fourth-order valence-electron chi connectivity index (χ4n) is 3.20. The van der Waals surface area contributed by atoms with Crippen LogP contribution in [0.4, 0.5) is 0 Å². The molecule has 130 valence electrons. The molecule has 3 rings (SSSR count). The molecule has 1 aliphatic heterocycles. The third kappa shape index (κ3) is 3.64. The molecule has 0 aliphatic carbocycles. The zero-order valence-corrected chi connectivity index (χ0v) is 15.1. The van der Waals surface area contributed by atoms with Gasteiger partial charge in [-0.1, -0.05) is 55.0 Å². The van der Waals surface area contributed by atoms with E-state index in [9.17, 15) is 8.42 Å². The molecule has 24 heavy (non-hydrogen) atoms. The Bertz CT molecular complexity index is 766. The Morgan fingerprint density at radius 3 is 2.38 bits per heavy atom. The van der Waals surface area contributed by atoms with Crippen LogP contribution in [0.15, 0.2) is 59.5 Å². The Morgan fingerprint density at radius 1 is 1.00 bits per heavy atom. The molecule has 2 aromatic carbocycles. The number of rotatable bonds is 4. The number of hydrogen-bond acceptors (Lipinski definition) is 3. The number of hydrogen-bond donors (Lipinski definition) is 1. The van der Waals surface area contributed by atoms with E-state index in [1.807, 2.05) is 42.5 Å². The predicted molar refractivity (Wildman–Crippen MR) is 99.7 cm³/mol. The van der Waals surface area contributed by atoms with Crippen molar-refractivity contribution in [2.75, 3.05) is 13.1 Å². The Morgan fingerprint density at radius 2 is 1.67 bits per heavy atom. The van der Waals surface area contributed by atoms with Gasteiger partial charge in [0.1, 0.15) is 0 Å². The van der Waals surface area contributed by atoms with Gasteiger partial charge in [-0.25, -0.2) is 8.42 Å². The van der Waals surface area contributed by atoms with Crippen molar-refractivity contribution in [1.82, 2.24) is 4.31 Å². The second-order valence-corrected chi connectivity index (χ2v) is 7.72. The Labute approximate surface area is 150 Å². The third-order valence-corrected chi connectivity index (χ3v) is 6.41. The summed E-state index contributed by atoms with van der Waals surface area (Å²) in [6.07, 6.45) is 2.76. The molecule has 1 atom stereocenters. The van der Waals surface area contributed by atoms with Crippen molar-refractivity contribution in [2.45, 2.75) is 30.2 Å². The molecule has 0 aromatic heterocycles. The Kier molecular flexibility index (Phi) is 6.40. The first-order valence-electron chi connectivity index (χ1n) is 8.01. The van der Waals surface area contributed by atoms with Crippen LogP contribution in [0, 0.1) is 0 Å². The summed E-state index contributed by atoms with van der Waals surface area (Å²) in [6.45, 7) is 0.917. The minimum atomic E-state index is -3.55. The predicted octanol–water partition coefficient (Wildman–Crippen LogP) is 3.28. The first-order valence-corrected chi connectivity index (χ1v) is 9.45. The fraction of sp³-hybridized carbons (Fsp3) is 0.333. The summed E-state index contributed by atoms with van der Waals surface area (Å²) >= 11 is 0. The quantitative estimate of drug-likeness (QED) is 0.903. The summed E-state index contributed by atoms with van der Waals surface area (Å²) in [6, 6.07) is 16.7. The first kappa shape index (κ1) is 18.9. The van der Waals surface area contributed by atoms with E-state index in [4.69, 9.17) is 5.73 Å². The van der Waals surface area contributed by atoms with Gasteiger partial charge >= 0.3 is 0 Å². The second-order valence-electron chi connectivity index (χ2n) is 5.86. The van der Waals surface area contributed by atoms with Gasteiger partial charge < -0.3 is 5.73 Å². The SMILES string of the molecule is Cl.NCC1CCCCN1S(=O)(=O)c1ccccc1-c1ccccc1. The van der Waals surface area contributed by atoms with Crippen molar-refractivity contribution in [3.05, 3.63) is 54.6 Å². The minimum Gasteiger partial charge on any atom is -0.329 e. The molecule has 0 radical (unpaired) electrons. The molecule has 2 aromatic rings. The van der Waals surface area contributed by atoms with E-state index in [-0.39, 0.29) is 18.4 Å². The monoisotopic (exact) mass is 366 g/mol. The van der Waals surface area contributed by atoms with Crippen molar-refractivity contribution in [3.8, 4) is 11.1 Å². The largest absolute Gasteiger partial charge is 0.329 e. The number of benzene rings is 2. The van der Waals surface area contributed by atoms with Crippen LogP contribution in [0.25, 0.3) is 11.1 Å². The molecule has 0 saturated carbocycles. The van der Waals surface area contributed by atoms with Crippen LogP contribution >= 0.6 is 12.4 Å². The highest BCUT2D eigenvalue weighted by molar-refractivity contribution is 7.89. The van der Waals surface area contributed by atoms with Gasteiger partial charge in [-0.05, 0) is 24.5 Å². The van der Waals surface area contributed by atoms with E-state index in [2.05, 4.69) is 0 Å². The Balaban J connectivity index is 0.00000208. The maximum atomic E-state index is 13.2. The summed E-state index contributed by atoms with van der Waals surface area (Å²) in [7, 11) is -3.55. The molecular weight excluding hydrogens is 344 g/mol. The van der Waals surface area contributed by atoms with Crippen molar-refractivity contribution in [3.63, 3.8) is 0 Å². The molecule has 4 nitrogen and oxygen atoms in total. The molecule has 0 spiro atoms. The maximum absolute atomic E-state index is 13.2. The van der Waals surface area contributed by atoms with E-state index in [1.165, 1.54) is 0 Å². The van der Waals surface area contributed by atoms with Gasteiger partial charge in [0.25, 0.3) is 0 Å². The van der Waals surface area contributed by atoms with E-state index in [1.54, 1.807) is 16.4 Å². The first-order chi connectivity index (χ1) is 11.1. The molecule has 6 heteroatoms. The van der Waals surface area contributed by atoms with Gasteiger partial charge in [0.15, 0.2) is 0 Å². The summed E-state index contributed by atoms with van der Waals surface area (Å²) < 4.78 is 28.0. The smallest absolute Gasteiger partial charge is 0.243 e. The van der Waals surface area contributed by atoms with Gasteiger partial charge in [0.2, 0.25) is 10.0 Å². The molecule has 2 N–H and O–H groups in total. The van der Waals surface area contributed by atoms with Gasteiger partial charge in [-0.2, -0.15) is 4.31 Å². The molecule has 1 saturated heterocycles.